The monoisotopic (exact) mass is 412 g/mol. The summed E-state index contributed by atoms with van der Waals surface area (Å²) in [6.07, 6.45) is 1.85. The van der Waals surface area contributed by atoms with Crippen molar-refractivity contribution in [3.63, 3.8) is 0 Å². The fourth-order valence-electron chi connectivity index (χ4n) is 2.89. The van der Waals surface area contributed by atoms with Gasteiger partial charge in [0.05, 0.1) is 16.3 Å². The van der Waals surface area contributed by atoms with Crippen molar-refractivity contribution >= 4 is 21.6 Å². The molecule has 0 spiro atoms. The molecule has 7 nitrogen and oxygen atoms in total. The van der Waals surface area contributed by atoms with Gasteiger partial charge in [-0.3, -0.25) is 14.2 Å². The SMILES string of the molecule is Cc1ccc(S(=O)(=O)Nc2cc(C(=O)NCc3cn(C)nc3C)ccc2C)cc1. The molecular weight excluding hydrogens is 388 g/mol. The number of aromatic nitrogens is 2. The van der Waals surface area contributed by atoms with Crippen LogP contribution in [-0.4, -0.2) is 24.1 Å². The molecule has 3 aromatic rings. The van der Waals surface area contributed by atoms with Crippen molar-refractivity contribution in [3.8, 4) is 0 Å². The average molecular weight is 413 g/mol. The Morgan fingerprint density at radius 1 is 1.07 bits per heavy atom. The Morgan fingerprint density at radius 2 is 1.76 bits per heavy atom. The molecule has 0 aliphatic rings. The second-order valence-electron chi connectivity index (χ2n) is 7.04. The first-order chi connectivity index (χ1) is 13.7. The van der Waals surface area contributed by atoms with Crippen molar-refractivity contribution in [2.24, 2.45) is 7.05 Å². The molecule has 0 aliphatic heterocycles. The summed E-state index contributed by atoms with van der Waals surface area (Å²) in [4.78, 5) is 12.7. The molecule has 3 rings (SSSR count). The van der Waals surface area contributed by atoms with Crippen molar-refractivity contribution in [2.75, 3.05) is 4.72 Å². The normalized spacial score (nSPS) is 11.3. The van der Waals surface area contributed by atoms with Gasteiger partial charge in [-0.25, -0.2) is 8.42 Å². The second kappa shape index (κ2) is 8.08. The summed E-state index contributed by atoms with van der Waals surface area (Å²) in [7, 11) is -1.92. The highest BCUT2D eigenvalue weighted by molar-refractivity contribution is 7.92. The van der Waals surface area contributed by atoms with Crippen LogP contribution in [0.3, 0.4) is 0 Å². The van der Waals surface area contributed by atoms with Gasteiger partial charge in [0, 0.05) is 30.9 Å². The van der Waals surface area contributed by atoms with Gasteiger partial charge in [-0.05, 0) is 50.6 Å². The Kier molecular flexibility index (Phi) is 5.74. The summed E-state index contributed by atoms with van der Waals surface area (Å²) in [5, 5.41) is 7.10. The molecular formula is C21H24N4O3S. The van der Waals surface area contributed by atoms with Gasteiger partial charge in [-0.15, -0.1) is 0 Å². The van der Waals surface area contributed by atoms with E-state index < -0.39 is 10.0 Å². The summed E-state index contributed by atoms with van der Waals surface area (Å²) in [6, 6.07) is 11.5. The number of anilines is 1. The van der Waals surface area contributed by atoms with Gasteiger partial charge < -0.3 is 5.32 Å². The third-order valence-electron chi connectivity index (χ3n) is 4.63. The molecule has 152 valence electrons. The lowest BCUT2D eigenvalue weighted by atomic mass is 10.1. The third-order valence-corrected chi connectivity index (χ3v) is 6.01. The summed E-state index contributed by atoms with van der Waals surface area (Å²) >= 11 is 0. The van der Waals surface area contributed by atoms with Crippen molar-refractivity contribution < 1.29 is 13.2 Å². The average Bonchev–Trinajstić information content (AvgIpc) is 2.99. The molecule has 29 heavy (non-hydrogen) atoms. The van der Waals surface area contributed by atoms with Gasteiger partial charge in [0.25, 0.3) is 15.9 Å². The molecule has 8 heteroatoms. The summed E-state index contributed by atoms with van der Waals surface area (Å²) in [5.74, 6) is -0.288. The zero-order valence-electron chi connectivity index (χ0n) is 16.9. The van der Waals surface area contributed by atoms with E-state index in [0.717, 1.165) is 22.4 Å². The van der Waals surface area contributed by atoms with E-state index in [-0.39, 0.29) is 10.8 Å². The number of hydrogen-bond acceptors (Lipinski definition) is 4. The van der Waals surface area contributed by atoms with E-state index in [9.17, 15) is 13.2 Å². The molecule has 0 radical (unpaired) electrons. The largest absolute Gasteiger partial charge is 0.348 e. The number of hydrogen-bond donors (Lipinski definition) is 2. The molecule has 1 amide bonds. The number of benzene rings is 2. The molecule has 0 saturated carbocycles. The standard InChI is InChI=1S/C21H24N4O3S/c1-14-5-9-19(10-6-14)29(27,28)24-20-11-17(8-7-15(20)2)21(26)22-12-18-13-25(4)23-16(18)3/h5-11,13,24H,12H2,1-4H3,(H,22,26). The smallest absolute Gasteiger partial charge is 0.261 e. The fourth-order valence-corrected chi connectivity index (χ4v) is 4.02. The van der Waals surface area contributed by atoms with Gasteiger partial charge in [0.15, 0.2) is 0 Å². The second-order valence-corrected chi connectivity index (χ2v) is 8.73. The van der Waals surface area contributed by atoms with Crippen molar-refractivity contribution in [2.45, 2.75) is 32.2 Å². The molecule has 2 aromatic carbocycles. The minimum Gasteiger partial charge on any atom is -0.348 e. The van der Waals surface area contributed by atoms with Crippen molar-refractivity contribution in [3.05, 3.63) is 76.6 Å². The fraction of sp³-hybridized carbons (Fsp3) is 0.238. The van der Waals surface area contributed by atoms with Crippen LogP contribution in [0.4, 0.5) is 5.69 Å². The highest BCUT2D eigenvalue weighted by Crippen LogP contribution is 2.22. The van der Waals surface area contributed by atoms with E-state index in [0.29, 0.717) is 17.8 Å². The zero-order chi connectivity index (χ0) is 21.2. The third kappa shape index (κ3) is 4.83. The number of nitrogens with one attached hydrogen (secondary N) is 2. The van der Waals surface area contributed by atoms with Crippen LogP contribution in [0.5, 0.6) is 0 Å². The summed E-state index contributed by atoms with van der Waals surface area (Å²) in [6.45, 7) is 5.90. The van der Waals surface area contributed by atoms with Crippen molar-refractivity contribution in [1.82, 2.24) is 15.1 Å². The first kappa shape index (κ1) is 20.6. The number of amides is 1. The maximum atomic E-state index is 12.7. The lowest BCUT2D eigenvalue weighted by Crippen LogP contribution is -2.23. The van der Waals surface area contributed by atoms with E-state index in [1.54, 1.807) is 54.1 Å². The van der Waals surface area contributed by atoms with E-state index in [2.05, 4.69) is 15.1 Å². The van der Waals surface area contributed by atoms with Crippen LogP contribution < -0.4 is 10.0 Å². The zero-order valence-corrected chi connectivity index (χ0v) is 17.7. The van der Waals surface area contributed by atoms with Gasteiger partial charge in [0.2, 0.25) is 0 Å². The van der Waals surface area contributed by atoms with Crippen LogP contribution in [0.2, 0.25) is 0 Å². The van der Waals surface area contributed by atoms with Crippen LogP contribution in [-0.2, 0) is 23.6 Å². The van der Waals surface area contributed by atoms with Gasteiger partial charge in [0.1, 0.15) is 0 Å². The maximum absolute atomic E-state index is 12.7. The number of carbonyl (C=O) groups is 1. The molecule has 2 N–H and O–H groups in total. The number of carbonyl (C=O) groups excluding carboxylic acids is 1. The topological polar surface area (TPSA) is 93.1 Å². The van der Waals surface area contributed by atoms with Gasteiger partial charge >= 0.3 is 0 Å². The first-order valence-electron chi connectivity index (χ1n) is 9.13. The lowest BCUT2D eigenvalue weighted by molar-refractivity contribution is 0.0951. The highest BCUT2D eigenvalue weighted by atomic mass is 32.2. The van der Waals surface area contributed by atoms with Crippen LogP contribution in [0, 0.1) is 20.8 Å². The van der Waals surface area contributed by atoms with E-state index in [1.165, 1.54) is 0 Å². The minimum atomic E-state index is -3.75. The lowest BCUT2D eigenvalue weighted by Gasteiger charge is -2.13. The Labute approximate surface area is 170 Å². The summed E-state index contributed by atoms with van der Waals surface area (Å²) < 4.78 is 29.6. The van der Waals surface area contributed by atoms with Crippen LogP contribution in [0.15, 0.2) is 53.6 Å². The van der Waals surface area contributed by atoms with Crippen molar-refractivity contribution in [1.29, 1.82) is 0 Å². The molecule has 0 aliphatic carbocycles. The Morgan fingerprint density at radius 3 is 2.38 bits per heavy atom. The first-order valence-corrected chi connectivity index (χ1v) is 10.6. The Hall–Kier alpha value is -3.13. The number of sulfonamides is 1. The summed E-state index contributed by atoms with van der Waals surface area (Å²) in [5.41, 5.74) is 4.22. The van der Waals surface area contributed by atoms with E-state index in [1.807, 2.05) is 27.1 Å². The minimum absolute atomic E-state index is 0.171. The Balaban J connectivity index is 1.77. The molecule has 1 heterocycles. The highest BCUT2D eigenvalue weighted by Gasteiger charge is 2.17. The number of nitrogens with zero attached hydrogens (tertiary/aromatic N) is 2. The predicted octanol–water partition coefficient (Wildman–Crippen LogP) is 3.08. The Bertz CT molecular complexity index is 1150. The molecule has 0 saturated heterocycles. The van der Waals surface area contributed by atoms with Gasteiger partial charge in [-0.1, -0.05) is 23.8 Å². The number of aryl methyl sites for hydroxylation is 4. The predicted molar refractivity (Wildman–Crippen MR) is 112 cm³/mol. The van der Waals surface area contributed by atoms with Crippen LogP contribution in [0.1, 0.15) is 32.7 Å². The van der Waals surface area contributed by atoms with E-state index >= 15 is 0 Å². The molecule has 1 aromatic heterocycles. The molecule has 0 atom stereocenters. The van der Waals surface area contributed by atoms with Crippen LogP contribution in [0.25, 0.3) is 0 Å². The molecule has 0 bridgehead atoms. The molecule has 0 unspecified atom stereocenters. The van der Waals surface area contributed by atoms with Gasteiger partial charge in [-0.2, -0.15) is 5.10 Å². The maximum Gasteiger partial charge on any atom is 0.261 e. The van der Waals surface area contributed by atoms with E-state index in [4.69, 9.17) is 0 Å². The molecule has 0 fully saturated rings. The quantitative estimate of drug-likeness (QED) is 0.651. The number of rotatable bonds is 6. The van der Waals surface area contributed by atoms with Crippen LogP contribution >= 0.6 is 0 Å².